The van der Waals surface area contributed by atoms with E-state index in [0.717, 1.165) is 5.75 Å². The maximum atomic E-state index is 6.00. The Bertz CT molecular complexity index is 288. The molecule has 2 heterocycles. The van der Waals surface area contributed by atoms with E-state index in [2.05, 4.69) is 6.07 Å². The summed E-state index contributed by atoms with van der Waals surface area (Å²) in [6, 6.07) is 2.32. The Morgan fingerprint density at radius 2 is 2.50 bits per heavy atom. The highest BCUT2D eigenvalue weighted by Crippen LogP contribution is 2.33. The summed E-state index contributed by atoms with van der Waals surface area (Å²) in [5, 5.41) is 0. The summed E-state index contributed by atoms with van der Waals surface area (Å²) in [4.78, 5) is 2.81. The Kier molecular flexibility index (Phi) is 3.49. The Morgan fingerprint density at radius 3 is 3.21 bits per heavy atom. The first-order valence-electron chi connectivity index (χ1n) is 4.75. The van der Waals surface area contributed by atoms with Gasteiger partial charge in [0.1, 0.15) is 0 Å². The van der Waals surface area contributed by atoms with Crippen LogP contribution >= 0.6 is 23.1 Å². The van der Waals surface area contributed by atoms with Crippen LogP contribution in [0.4, 0.5) is 0 Å². The molecule has 1 unspecified atom stereocenters. The average molecular weight is 229 g/mol. The van der Waals surface area contributed by atoms with Gasteiger partial charge in [-0.2, -0.15) is 11.8 Å². The molecule has 0 radical (unpaired) electrons. The van der Waals surface area contributed by atoms with Crippen LogP contribution in [-0.4, -0.2) is 19.5 Å². The van der Waals surface area contributed by atoms with E-state index >= 15 is 0 Å². The predicted molar refractivity (Wildman–Crippen MR) is 63.0 cm³/mol. The maximum absolute atomic E-state index is 6.00. The predicted octanol–water partition coefficient (Wildman–Crippen LogP) is 2.18. The van der Waals surface area contributed by atoms with Gasteiger partial charge in [0.05, 0.1) is 12.6 Å². The molecule has 0 amide bonds. The van der Waals surface area contributed by atoms with Crippen molar-refractivity contribution < 1.29 is 4.74 Å². The molecule has 1 atom stereocenters. The maximum Gasteiger partial charge on any atom is 0.0663 e. The molecular weight excluding hydrogens is 214 g/mol. The lowest BCUT2D eigenvalue weighted by Gasteiger charge is -2.08. The van der Waals surface area contributed by atoms with Crippen molar-refractivity contribution in [3.05, 3.63) is 21.4 Å². The summed E-state index contributed by atoms with van der Waals surface area (Å²) >= 11 is 3.88. The zero-order valence-corrected chi connectivity index (χ0v) is 9.92. The van der Waals surface area contributed by atoms with Gasteiger partial charge in [-0.3, -0.25) is 0 Å². The Balaban J connectivity index is 2.15. The second-order valence-electron chi connectivity index (χ2n) is 3.46. The molecule has 0 aliphatic carbocycles. The molecule has 4 heteroatoms. The molecule has 0 bridgehead atoms. The van der Waals surface area contributed by atoms with Crippen LogP contribution in [-0.2, 0) is 16.9 Å². The number of hydrogen-bond acceptors (Lipinski definition) is 4. The second kappa shape index (κ2) is 4.66. The van der Waals surface area contributed by atoms with Gasteiger partial charge in [0.15, 0.2) is 0 Å². The third kappa shape index (κ3) is 2.14. The number of methoxy groups -OCH3 is 1. The summed E-state index contributed by atoms with van der Waals surface area (Å²) in [6.07, 6.45) is 1.21. The van der Waals surface area contributed by atoms with E-state index in [4.69, 9.17) is 10.5 Å². The van der Waals surface area contributed by atoms with Gasteiger partial charge in [-0.15, -0.1) is 11.3 Å². The van der Waals surface area contributed by atoms with Gasteiger partial charge >= 0.3 is 0 Å². The standard InChI is InChI=1S/C10H15NOS2/c1-12-5-8(11)10-4-7-6-13-3-2-9(7)14-10/h4,8H,2-3,5-6,11H2,1H3. The second-order valence-corrected chi connectivity index (χ2v) is 5.74. The molecule has 2 rings (SSSR count). The van der Waals surface area contributed by atoms with Crippen LogP contribution in [0.2, 0.25) is 0 Å². The van der Waals surface area contributed by atoms with E-state index < -0.39 is 0 Å². The lowest BCUT2D eigenvalue weighted by atomic mass is 10.2. The van der Waals surface area contributed by atoms with Crippen LogP contribution in [0.25, 0.3) is 0 Å². The summed E-state index contributed by atoms with van der Waals surface area (Å²) < 4.78 is 5.07. The fourth-order valence-corrected chi connectivity index (χ4v) is 3.98. The third-order valence-electron chi connectivity index (χ3n) is 2.36. The minimum Gasteiger partial charge on any atom is -0.383 e. The third-order valence-corrected chi connectivity index (χ3v) is 4.74. The van der Waals surface area contributed by atoms with Crippen LogP contribution < -0.4 is 5.73 Å². The van der Waals surface area contributed by atoms with Crippen molar-refractivity contribution in [2.24, 2.45) is 5.73 Å². The number of ether oxygens (including phenoxy) is 1. The quantitative estimate of drug-likeness (QED) is 0.863. The monoisotopic (exact) mass is 229 g/mol. The highest BCUT2D eigenvalue weighted by molar-refractivity contribution is 7.98. The topological polar surface area (TPSA) is 35.2 Å². The number of nitrogens with two attached hydrogens (primary N) is 1. The first kappa shape index (κ1) is 10.5. The zero-order valence-electron chi connectivity index (χ0n) is 8.29. The summed E-state index contributed by atoms with van der Waals surface area (Å²) in [7, 11) is 1.70. The van der Waals surface area contributed by atoms with Gasteiger partial charge in [-0.1, -0.05) is 0 Å². The number of thiophene rings is 1. The summed E-state index contributed by atoms with van der Waals surface area (Å²) in [6.45, 7) is 0.618. The molecule has 0 spiro atoms. The van der Waals surface area contributed by atoms with Gasteiger partial charge in [0, 0.05) is 22.6 Å². The van der Waals surface area contributed by atoms with Crippen molar-refractivity contribution in [1.29, 1.82) is 0 Å². The Morgan fingerprint density at radius 1 is 1.64 bits per heavy atom. The molecule has 1 aromatic rings. The van der Waals surface area contributed by atoms with E-state index in [-0.39, 0.29) is 6.04 Å². The molecule has 1 aliphatic rings. The Hall–Kier alpha value is -0.0300. The molecule has 2 N–H and O–H groups in total. The van der Waals surface area contributed by atoms with Gasteiger partial charge in [0.2, 0.25) is 0 Å². The number of hydrogen-bond donors (Lipinski definition) is 1. The summed E-state index contributed by atoms with van der Waals surface area (Å²) in [5.41, 5.74) is 7.49. The lowest BCUT2D eigenvalue weighted by Crippen LogP contribution is -2.14. The molecule has 1 aromatic heterocycles. The van der Waals surface area contributed by atoms with Crippen molar-refractivity contribution in [1.82, 2.24) is 0 Å². The first-order chi connectivity index (χ1) is 6.81. The van der Waals surface area contributed by atoms with E-state index in [1.807, 2.05) is 23.1 Å². The van der Waals surface area contributed by atoms with Crippen molar-refractivity contribution in [3.8, 4) is 0 Å². The minimum absolute atomic E-state index is 0.0561. The van der Waals surface area contributed by atoms with E-state index in [1.165, 1.54) is 27.5 Å². The molecule has 0 saturated heterocycles. The van der Waals surface area contributed by atoms with Gasteiger partial charge in [-0.05, 0) is 23.8 Å². The molecule has 0 fully saturated rings. The van der Waals surface area contributed by atoms with Crippen LogP contribution in [0.5, 0.6) is 0 Å². The smallest absolute Gasteiger partial charge is 0.0663 e. The minimum atomic E-state index is 0.0561. The molecular formula is C10H15NOS2. The van der Waals surface area contributed by atoms with Crippen molar-refractivity contribution in [2.75, 3.05) is 19.5 Å². The van der Waals surface area contributed by atoms with Gasteiger partial charge in [0.25, 0.3) is 0 Å². The largest absolute Gasteiger partial charge is 0.383 e. The fraction of sp³-hybridized carbons (Fsp3) is 0.600. The van der Waals surface area contributed by atoms with E-state index in [0.29, 0.717) is 6.61 Å². The van der Waals surface area contributed by atoms with Gasteiger partial charge in [-0.25, -0.2) is 0 Å². The number of aryl methyl sites for hydroxylation is 1. The van der Waals surface area contributed by atoms with E-state index in [9.17, 15) is 0 Å². The van der Waals surface area contributed by atoms with Crippen LogP contribution in [0, 0.1) is 0 Å². The summed E-state index contributed by atoms with van der Waals surface area (Å²) in [5.74, 6) is 2.41. The molecule has 2 nitrogen and oxygen atoms in total. The van der Waals surface area contributed by atoms with Crippen molar-refractivity contribution in [2.45, 2.75) is 18.2 Å². The van der Waals surface area contributed by atoms with Crippen molar-refractivity contribution >= 4 is 23.1 Å². The highest BCUT2D eigenvalue weighted by atomic mass is 32.2. The zero-order chi connectivity index (χ0) is 9.97. The molecule has 78 valence electrons. The molecule has 1 aliphatic heterocycles. The van der Waals surface area contributed by atoms with Gasteiger partial charge < -0.3 is 10.5 Å². The molecule has 0 aromatic carbocycles. The van der Waals surface area contributed by atoms with Crippen LogP contribution in [0.15, 0.2) is 6.07 Å². The fourth-order valence-electron chi connectivity index (χ4n) is 1.61. The molecule has 14 heavy (non-hydrogen) atoms. The number of rotatable bonds is 3. The molecule has 0 saturated carbocycles. The normalized spacial score (nSPS) is 17.9. The van der Waals surface area contributed by atoms with E-state index in [1.54, 1.807) is 7.11 Å². The van der Waals surface area contributed by atoms with Crippen LogP contribution in [0.1, 0.15) is 21.4 Å². The number of fused-ring (bicyclic) bond motifs is 1. The highest BCUT2D eigenvalue weighted by Gasteiger charge is 2.16. The average Bonchev–Trinajstić information content (AvgIpc) is 2.61. The first-order valence-corrected chi connectivity index (χ1v) is 6.72. The van der Waals surface area contributed by atoms with Crippen molar-refractivity contribution in [3.63, 3.8) is 0 Å². The number of thioether (sulfide) groups is 1. The Labute approximate surface area is 92.8 Å². The SMILES string of the molecule is COCC(N)c1cc2c(s1)CCSC2. The van der Waals surface area contributed by atoms with Crippen LogP contribution in [0.3, 0.4) is 0 Å². The lowest BCUT2D eigenvalue weighted by molar-refractivity contribution is 0.182.